The molecule has 1 fully saturated rings. The third-order valence-corrected chi connectivity index (χ3v) is 8.44. The van der Waals surface area contributed by atoms with Gasteiger partial charge in [-0.05, 0) is 112 Å². The fraction of sp³-hybridized carbons (Fsp3) is 0.424. The molecule has 208 valence electrons. The fourth-order valence-electron chi connectivity index (χ4n) is 5.94. The molecule has 1 aliphatic heterocycles. The van der Waals surface area contributed by atoms with Crippen LogP contribution in [-0.4, -0.2) is 45.8 Å². The summed E-state index contributed by atoms with van der Waals surface area (Å²) in [7, 11) is 0. The van der Waals surface area contributed by atoms with Crippen LogP contribution < -0.4 is 10.6 Å². The number of aryl methyl sites for hydroxylation is 1. The van der Waals surface area contributed by atoms with Crippen molar-refractivity contribution in [3.05, 3.63) is 82.1 Å². The number of hydrogen-bond acceptors (Lipinski definition) is 5. The zero-order chi connectivity index (χ0) is 28.2. The van der Waals surface area contributed by atoms with E-state index < -0.39 is 0 Å². The molecule has 3 heterocycles. The zero-order valence-corrected chi connectivity index (χ0v) is 23.8. The first-order chi connectivity index (χ1) is 19.3. The number of likely N-dealkylation sites (tertiary alicyclic amines) is 1. The van der Waals surface area contributed by atoms with E-state index >= 15 is 0 Å². The highest BCUT2D eigenvalue weighted by atomic mass is 16.2. The van der Waals surface area contributed by atoms with E-state index in [1.165, 1.54) is 23.1 Å². The van der Waals surface area contributed by atoms with Gasteiger partial charge in [0.05, 0.1) is 41.1 Å². The third kappa shape index (κ3) is 6.49. The highest BCUT2D eigenvalue weighted by Crippen LogP contribution is 2.36. The lowest BCUT2D eigenvalue weighted by atomic mass is 9.83. The molecule has 1 unspecified atom stereocenters. The number of anilines is 2. The van der Waals surface area contributed by atoms with Gasteiger partial charge in [0.1, 0.15) is 0 Å². The van der Waals surface area contributed by atoms with E-state index in [4.69, 9.17) is 0 Å². The summed E-state index contributed by atoms with van der Waals surface area (Å²) in [4.78, 5) is 37.0. The highest BCUT2D eigenvalue weighted by Gasteiger charge is 2.24. The van der Waals surface area contributed by atoms with Gasteiger partial charge in [0.2, 0.25) is 5.91 Å². The largest absolute Gasteiger partial charge is 0.324 e. The number of rotatable bonds is 8. The number of carbonyl (C=O) groups excluding carboxylic acids is 2. The van der Waals surface area contributed by atoms with Crippen LogP contribution in [0.1, 0.15) is 79.7 Å². The number of aromatic nitrogens is 2. The first kappa shape index (κ1) is 27.8. The van der Waals surface area contributed by atoms with Crippen LogP contribution in [0.5, 0.6) is 0 Å². The number of nitrogens with zero attached hydrogens (tertiary/aromatic N) is 3. The topological polar surface area (TPSA) is 87.2 Å². The molecule has 7 heteroatoms. The number of carbonyl (C=O) groups is 2. The van der Waals surface area contributed by atoms with Gasteiger partial charge in [-0.1, -0.05) is 12.7 Å². The Hall–Kier alpha value is -3.80. The van der Waals surface area contributed by atoms with Crippen LogP contribution in [0.25, 0.3) is 6.08 Å². The van der Waals surface area contributed by atoms with Crippen molar-refractivity contribution < 1.29 is 9.59 Å². The van der Waals surface area contributed by atoms with Gasteiger partial charge < -0.3 is 10.6 Å². The fourth-order valence-corrected chi connectivity index (χ4v) is 5.94. The standard InChI is InChI=1S/C33H39N5O2/c1-5-21(2)13-24-8-10-25(11-9-24)26-14-27-15-28(18-35-31(27)16-26)33(40)37-30-17-29(19-34-23(30)4)36-32(39)20-38-12-6-7-22(38)3/h10,14-15,17-19,22,24H,1,6-9,11-13,16,20H2,2-4H3,(H,36,39)(H,37,40)/t22-,24?/m0/s1. The van der Waals surface area contributed by atoms with Crippen LogP contribution in [0.15, 0.2) is 59.6 Å². The van der Waals surface area contributed by atoms with Crippen molar-refractivity contribution in [2.75, 3.05) is 23.7 Å². The Labute approximate surface area is 237 Å². The molecule has 0 radical (unpaired) electrons. The maximum Gasteiger partial charge on any atom is 0.257 e. The Balaban J connectivity index is 1.22. The molecule has 2 aromatic rings. The van der Waals surface area contributed by atoms with Gasteiger partial charge in [0.25, 0.3) is 5.91 Å². The summed E-state index contributed by atoms with van der Waals surface area (Å²) in [6.07, 6.45) is 15.3. The van der Waals surface area contributed by atoms with Crippen molar-refractivity contribution >= 4 is 29.3 Å². The lowest BCUT2D eigenvalue weighted by Crippen LogP contribution is -2.35. The molecule has 2 amide bonds. The van der Waals surface area contributed by atoms with Gasteiger partial charge in [-0.3, -0.25) is 24.5 Å². The van der Waals surface area contributed by atoms with E-state index in [0.29, 0.717) is 41.1 Å². The minimum atomic E-state index is -0.248. The minimum Gasteiger partial charge on any atom is -0.324 e. The lowest BCUT2D eigenvalue weighted by molar-refractivity contribution is -0.117. The molecule has 1 saturated heterocycles. The second kappa shape index (κ2) is 12.2. The minimum absolute atomic E-state index is 0.0746. The molecule has 0 saturated carbocycles. The Morgan fingerprint density at radius 1 is 1.15 bits per heavy atom. The molecule has 2 atom stereocenters. The molecular formula is C33H39N5O2. The summed E-state index contributed by atoms with van der Waals surface area (Å²) in [5.41, 5.74) is 11.3. The van der Waals surface area contributed by atoms with E-state index in [1.54, 1.807) is 18.5 Å². The molecule has 40 heavy (non-hydrogen) atoms. The second-order valence-corrected chi connectivity index (χ2v) is 11.5. The Morgan fingerprint density at radius 3 is 2.73 bits per heavy atom. The maximum atomic E-state index is 13.2. The quantitative estimate of drug-likeness (QED) is 0.389. The molecule has 7 nitrogen and oxygen atoms in total. The first-order valence-corrected chi connectivity index (χ1v) is 14.4. The van der Waals surface area contributed by atoms with E-state index in [-0.39, 0.29) is 11.8 Å². The summed E-state index contributed by atoms with van der Waals surface area (Å²) < 4.78 is 0. The second-order valence-electron chi connectivity index (χ2n) is 11.5. The van der Waals surface area contributed by atoms with Crippen LogP contribution >= 0.6 is 0 Å². The lowest BCUT2D eigenvalue weighted by Gasteiger charge is -2.22. The predicted molar refractivity (Wildman–Crippen MR) is 160 cm³/mol. The van der Waals surface area contributed by atoms with Crippen LogP contribution in [0.4, 0.5) is 11.4 Å². The normalized spacial score (nSPS) is 20.3. The van der Waals surface area contributed by atoms with Crippen molar-refractivity contribution in [3.63, 3.8) is 0 Å². The number of pyridine rings is 2. The van der Waals surface area contributed by atoms with E-state index in [1.807, 2.05) is 13.0 Å². The SMILES string of the molecule is C=C=C(C)CC1CC=C(C2=Cc3cc(C(=O)Nc4cc(NC(=O)CN5CCC[C@@H]5C)cnc4C)cnc3C2)CC1. The molecule has 2 aliphatic carbocycles. The van der Waals surface area contributed by atoms with Gasteiger partial charge in [-0.2, -0.15) is 0 Å². The van der Waals surface area contributed by atoms with E-state index in [9.17, 15) is 9.59 Å². The summed E-state index contributed by atoms with van der Waals surface area (Å²) in [5.74, 6) is 0.338. The van der Waals surface area contributed by atoms with Gasteiger partial charge in [0, 0.05) is 18.7 Å². The van der Waals surface area contributed by atoms with Crippen molar-refractivity contribution in [1.29, 1.82) is 0 Å². The van der Waals surface area contributed by atoms with Crippen LogP contribution in [0, 0.1) is 12.8 Å². The van der Waals surface area contributed by atoms with Crippen molar-refractivity contribution in [2.45, 2.75) is 71.8 Å². The van der Waals surface area contributed by atoms with E-state index in [0.717, 1.165) is 56.3 Å². The van der Waals surface area contributed by atoms with Gasteiger partial charge in [-0.25, -0.2) is 0 Å². The van der Waals surface area contributed by atoms with Gasteiger partial charge in [0.15, 0.2) is 0 Å². The van der Waals surface area contributed by atoms with Crippen LogP contribution in [0.3, 0.4) is 0 Å². The van der Waals surface area contributed by atoms with Crippen molar-refractivity contribution in [2.24, 2.45) is 5.92 Å². The van der Waals surface area contributed by atoms with E-state index in [2.05, 4.69) is 63.8 Å². The number of amides is 2. The molecule has 0 bridgehead atoms. The summed E-state index contributed by atoms with van der Waals surface area (Å²) in [6.45, 7) is 11.2. The van der Waals surface area contributed by atoms with Gasteiger partial charge >= 0.3 is 0 Å². The summed E-state index contributed by atoms with van der Waals surface area (Å²) >= 11 is 0. The summed E-state index contributed by atoms with van der Waals surface area (Å²) in [6, 6.07) is 4.10. The number of fused-ring (bicyclic) bond motifs is 1. The van der Waals surface area contributed by atoms with Crippen LogP contribution in [-0.2, 0) is 11.2 Å². The van der Waals surface area contributed by atoms with Gasteiger partial charge in [-0.15, -0.1) is 5.73 Å². The molecule has 2 N–H and O–H groups in total. The predicted octanol–water partition coefficient (Wildman–Crippen LogP) is 6.25. The zero-order valence-electron chi connectivity index (χ0n) is 23.8. The molecule has 2 aromatic heterocycles. The number of nitrogens with one attached hydrogen (secondary N) is 2. The average Bonchev–Trinajstić information content (AvgIpc) is 3.56. The average molecular weight is 538 g/mol. The molecule has 0 spiro atoms. The van der Waals surface area contributed by atoms with Crippen molar-refractivity contribution in [3.8, 4) is 0 Å². The number of allylic oxidation sites excluding steroid dienone is 4. The molecule has 3 aliphatic rings. The number of hydrogen-bond donors (Lipinski definition) is 2. The Bertz CT molecular complexity index is 1430. The molecular weight excluding hydrogens is 498 g/mol. The third-order valence-electron chi connectivity index (χ3n) is 8.44. The molecule has 0 aromatic carbocycles. The maximum absolute atomic E-state index is 13.2. The van der Waals surface area contributed by atoms with Crippen LogP contribution in [0.2, 0.25) is 0 Å². The first-order valence-electron chi connectivity index (χ1n) is 14.4. The smallest absolute Gasteiger partial charge is 0.257 e. The summed E-state index contributed by atoms with van der Waals surface area (Å²) in [5, 5.41) is 5.89. The Morgan fingerprint density at radius 2 is 2.00 bits per heavy atom. The highest BCUT2D eigenvalue weighted by molar-refractivity contribution is 6.05. The Kier molecular flexibility index (Phi) is 8.43. The monoisotopic (exact) mass is 537 g/mol. The molecule has 5 rings (SSSR count). The van der Waals surface area contributed by atoms with Crippen molar-refractivity contribution in [1.82, 2.24) is 14.9 Å².